The van der Waals surface area contributed by atoms with Crippen molar-refractivity contribution in [2.24, 2.45) is 0 Å². The molecule has 0 saturated heterocycles. The third-order valence-corrected chi connectivity index (χ3v) is 3.53. The van der Waals surface area contributed by atoms with E-state index in [-0.39, 0.29) is 11.6 Å². The number of hydrogen-bond donors (Lipinski definition) is 1. The Kier molecular flexibility index (Phi) is 4.86. The molecular weight excluding hydrogens is 304 g/mol. The fourth-order valence-corrected chi connectivity index (χ4v) is 2.24. The van der Waals surface area contributed by atoms with Crippen LogP contribution in [-0.2, 0) is 13.1 Å². The lowest BCUT2D eigenvalue weighted by molar-refractivity contribution is 0.0942. The molecule has 0 aliphatic carbocycles. The second-order valence-corrected chi connectivity index (χ2v) is 5.36. The summed E-state index contributed by atoms with van der Waals surface area (Å²) >= 11 is 0. The summed E-state index contributed by atoms with van der Waals surface area (Å²) in [6, 6.07) is 13.7. The predicted octanol–water partition coefficient (Wildman–Crippen LogP) is 2.64. The van der Waals surface area contributed by atoms with E-state index in [1.165, 1.54) is 11.8 Å². The predicted molar refractivity (Wildman–Crippen MR) is 90.5 cm³/mol. The molecular formula is C18H18N4O2. The van der Waals surface area contributed by atoms with Gasteiger partial charge in [0, 0.05) is 13.6 Å². The molecule has 1 aromatic carbocycles. The maximum atomic E-state index is 12.0. The fourth-order valence-electron chi connectivity index (χ4n) is 2.24. The van der Waals surface area contributed by atoms with Gasteiger partial charge in [0.05, 0.1) is 25.2 Å². The summed E-state index contributed by atoms with van der Waals surface area (Å²) in [6.45, 7) is 1.04. The molecule has 1 amide bonds. The molecule has 24 heavy (non-hydrogen) atoms. The van der Waals surface area contributed by atoms with E-state index < -0.39 is 0 Å². The van der Waals surface area contributed by atoms with Gasteiger partial charge in [0.15, 0.2) is 0 Å². The van der Waals surface area contributed by atoms with Crippen LogP contribution in [0.25, 0.3) is 0 Å². The number of carbonyl (C=O) groups excluding carboxylic acids is 1. The molecule has 6 nitrogen and oxygen atoms in total. The largest absolute Gasteiger partial charge is 0.467 e. The smallest absolute Gasteiger partial charge is 0.271 e. The zero-order valence-electron chi connectivity index (χ0n) is 13.3. The van der Waals surface area contributed by atoms with Gasteiger partial charge in [0.2, 0.25) is 0 Å². The Balaban J connectivity index is 1.59. The molecule has 3 aromatic rings. The molecule has 2 heterocycles. The van der Waals surface area contributed by atoms with Crippen molar-refractivity contribution >= 4 is 11.7 Å². The van der Waals surface area contributed by atoms with Gasteiger partial charge in [0.25, 0.3) is 5.91 Å². The average molecular weight is 322 g/mol. The molecule has 0 atom stereocenters. The van der Waals surface area contributed by atoms with Gasteiger partial charge in [-0.1, -0.05) is 30.3 Å². The van der Waals surface area contributed by atoms with Gasteiger partial charge in [-0.3, -0.25) is 4.79 Å². The highest BCUT2D eigenvalue weighted by atomic mass is 16.3. The van der Waals surface area contributed by atoms with E-state index in [4.69, 9.17) is 4.42 Å². The number of nitrogens with zero attached hydrogens (tertiary/aromatic N) is 3. The summed E-state index contributed by atoms with van der Waals surface area (Å²) < 4.78 is 5.17. The van der Waals surface area contributed by atoms with E-state index in [9.17, 15) is 4.79 Å². The van der Waals surface area contributed by atoms with E-state index in [0.717, 1.165) is 6.54 Å². The second kappa shape index (κ2) is 7.41. The third kappa shape index (κ3) is 3.98. The molecule has 0 radical (unpaired) electrons. The highest BCUT2D eigenvalue weighted by molar-refractivity contribution is 5.91. The molecule has 0 unspecified atom stereocenters. The summed E-state index contributed by atoms with van der Waals surface area (Å²) in [5.41, 5.74) is 1.46. The molecule has 122 valence electrons. The molecule has 0 aliphatic heterocycles. The van der Waals surface area contributed by atoms with Crippen LogP contribution < -0.4 is 10.2 Å². The normalized spacial score (nSPS) is 10.4. The minimum Gasteiger partial charge on any atom is -0.467 e. The Morgan fingerprint density at radius 3 is 2.62 bits per heavy atom. The number of nitrogens with one attached hydrogen (secondary N) is 1. The lowest BCUT2D eigenvalue weighted by atomic mass is 10.2. The second-order valence-electron chi connectivity index (χ2n) is 5.36. The number of amides is 1. The van der Waals surface area contributed by atoms with Crippen molar-refractivity contribution in [3.63, 3.8) is 0 Å². The number of rotatable bonds is 6. The summed E-state index contributed by atoms with van der Waals surface area (Å²) in [5, 5.41) is 2.74. The maximum Gasteiger partial charge on any atom is 0.271 e. The molecule has 0 saturated carbocycles. The van der Waals surface area contributed by atoms with Gasteiger partial charge in [-0.25, -0.2) is 9.97 Å². The molecule has 1 N–H and O–H groups in total. The van der Waals surface area contributed by atoms with Crippen molar-refractivity contribution in [3.05, 3.63) is 78.1 Å². The first-order chi connectivity index (χ1) is 11.7. The lowest BCUT2D eigenvalue weighted by Crippen LogP contribution is -2.24. The molecule has 0 fully saturated rings. The lowest BCUT2D eigenvalue weighted by Gasteiger charge is -2.17. The van der Waals surface area contributed by atoms with Gasteiger partial charge in [0.1, 0.15) is 17.3 Å². The van der Waals surface area contributed by atoms with Crippen LogP contribution in [0.4, 0.5) is 5.82 Å². The highest BCUT2D eigenvalue weighted by Crippen LogP contribution is 2.11. The van der Waals surface area contributed by atoms with Crippen LogP contribution in [0.3, 0.4) is 0 Å². The number of anilines is 1. The summed E-state index contributed by atoms with van der Waals surface area (Å²) in [4.78, 5) is 22.5. The van der Waals surface area contributed by atoms with E-state index in [2.05, 4.69) is 27.4 Å². The first kappa shape index (κ1) is 15.7. The van der Waals surface area contributed by atoms with Crippen molar-refractivity contribution < 1.29 is 9.21 Å². The van der Waals surface area contributed by atoms with Crippen molar-refractivity contribution in [3.8, 4) is 0 Å². The van der Waals surface area contributed by atoms with Crippen LogP contribution in [0.15, 0.2) is 65.5 Å². The van der Waals surface area contributed by atoms with Crippen LogP contribution in [0.1, 0.15) is 21.8 Å². The van der Waals surface area contributed by atoms with Crippen LogP contribution in [-0.4, -0.2) is 22.9 Å². The van der Waals surface area contributed by atoms with Crippen LogP contribution >= 0.6 is 0 Å². The van der Waals surface area contributed by atoms with E-state index in [1.54, 1.807) is 24.6 Å². The van der Waals surface area contributed by atoms with Gasteiger partial charge < -0.3 is 14.6 Å². The summed E-state index contributed by atoms with van der Waals surface area (Å²) in [5.74, 6) is 1.12. The Labute approximate surface area is 140 Å². The molecule has 0 aliphatic rings. The highest BCUT2D eigenvalue weighted by Gasteiger charge is 2.10. The zero-order chi connectivity index (χ0) is 16.8. The molecule has 0 spiro atoms. The van der Waals surface area contributed by atoms with Gasteiger partial charge in [-0.2, -0.15) is 0 Å². The topological polar surface area (TPSA) is 71.3 Å². The van der Waals surface area contributed by atoms with Crippen LogP contribution in [0.5, 0.6) is 0 Å². The van der Waals surface area contributed by atoms with E-state index in [1.807, 2.05) is 30.1 Å². The van der Waals surface area contributed by atoms with Gasteiger partial charge >= 0.3 is 0 Å². The van der Waals surface area contributed by atoms with Crippen LogP contribution in [0, 0.1) is 0 Å². The standard InChI is InChI=1S/C18H18N4O2/c1-22(13-14-6-3-2-4-7-14)17-12-19-16(11-20-17)18(23)21-10-15-8-5-9-24-15/h2-9,11-12H,10,13H2,1H3,(H,21,23). The number of carbonyl (C=O) groups is 1. The molecule has 0 bridgehead atoms. The SMILES string of the molecule is CN(Cc1ccccc1)c1cnc(C(=O)NCc2ccco2)cn1. The summed E-state index contributed by atoms with van der Waals surface area (Å²) in [6.07, 6.45) is 4.65. The fraction of sp³-hybridized carbons (Fsp3) is 0.167. The van der Waals surface area contributed by atoms with Crippen molar-refractivity contribution in [1.82, 2.24) is 15.3 Å². The first-order valence-corrected chi connectivity index (χ1v) is 7.60. The first-order valence-electron chi connectivity index (χ1n) is 7.60. The molecule has 2 aromatic heterocycles. The zero-order valence-corrected chi connectivity index (χ0v) is 13.3. The number of furan rings is 1. The average Bonchev–Trinajstić information content (AvgIpc) is 3.14. The monoisotopic (exact) mass is 322 g/mol. The minimum atomic E-state index is -0.281. The van der Waals surface area contributed by atoms with Crippen molar-refractivity contribution in [2.75, 3.05) is 11.9 Å². The molecule has 3 rings (SSSR count). The quantitative estimate of drug-likeness (QED) is 0.755. The maximum absolute atomic E-state index is 12.0. The Hall–Kier alpha value is -3.15. The number of hydrogen-bond acceptors (Lipinski definition) is 5. The Bertz CT molecular complexity index is 771. The Morgan fingerprint density at radius 1 is 1.12 bits per heavy atom. The minimum absolute atomic E-state index is 0.276. The summed E-state index contributed by atoms with van der Waals surface area (Å²) in [7, 11) is 1.94. The number of benzene rings is 1. The Morgan fingerprint density at radius 2 is 1.96 bits per heavy atom. The van der Waals surface area contributed by atoms with Gasteiger partial charge in [-0.05, 0) is 17.7 Å². The van der Waals surface area contributed by atoms with Crippen LogP contribution in [0.2, 0.25) is 0 Å². The molecule has 6 heteroatoms. The van der Waals surface area contributed by atoms with E-state index >= 15 is 0 Å². The third-order valence-electron chi connectivity index (χ3n) is 3.53. The number of aromatic nitrogens is 2. The van der Waals surface area contributed by atoms with Gasteiger partial charge in [-0.15, -0.1) is 0 Å². The van der Waals surface area contributed by atoms with Crippen molar-refractivity contribution in [2.45, 2.75) is 13.1 Å². The van der Waals surface area contributed by atoms with E-state index in [0.29, 0.717) is 18.1 Å². The van der Waals surface area contributed by atoms with Crippen molar-refractivity contribution in [1.29, 1.82) is 0 Å².